The lowest BCUT2D eigenvalue weighted by Gasteiger charge is -2.09. The SMILES string of the molecule is Cc1ccc(-c2nc3c(s2)CNCC3)c(F)c1. The van der Waals surface area contributed by atoms with E-state index in [9.17, 15) is 4.39 Å². The van der Waals surface area contributed by atoms with Crippen molar-refractivity contribution in [2.45, 2.75) is 19.9 Å². The summed E-state index contributed by atoms with van der Waals surface area (Å²) in [5, 5.41) is 4.11. The Balaban J connectivity index is 2.06. The van der Waals surface area contributed by atoms with E-state index in [2.05, 4.69) is 10.3 Å². The van der Waals surface area contributed by atoms with Crippen LogP contribution >= 0.6 is 11.3 Å². The highest BCUT2D eigenvalue weighted by Crippen LogP contribution is 2.31. The summed E-state index contributed by atoms with van der Waals surface area (Å²) in [6, 6.07) is 5.31. The zero-order valence-corrected chi connectivity index (χ0v) is 10.4. The highest BCUT2D eigenvalue weighted by Gasteiger charge is 2.17. The van der Waals surface area contributed by atoms with E-state index >= 15 is 0 Å². The zero-order chi connectivity index (χ0) is 11.8. The molecule has 2 heterocycles. The Hall–Kier alpha value is -1.26. The van der Waals surface area contributed by atoms with Crippen LogP contribution in [0.5, 0.6) is 0 Å². The Labute approximate surface area is 104 Å². The molecule has 0 saturated carbocycles. The van der Waals surface area contributed by atoms with Gasteiger partial charge in [-0.1, -0.05) is 6.07 Å². The fourth-order valence-corrected chi connectivity index (χ4v) is 3.14. The summed E-state index contributed by atoms with van der Waals surface area (Å²) < 4.78 is 13.9. The molecule has 0 amide bonds. The Kier molecular flexibility index (Phi) is 2.68. The predicted octanol–water partition coefficient (Wildman–Crippen LogP) is 2.90. The second kappa shape index (κ2) is 4.20. The fourth-order valence-electron chi connectivity index (χ4n) is 2.03. The van der Waals surface area contributed by atoms with Crippen molar-refractivity contribution in [3.63, 3.8) is 0 Å². The molecule has 2 aromatic rings. The van der Waals surface area contributed by atoms with Crippen LogP contribution < -0.4 is 5.32 Å². The highest BCUT2D eigenvalue weighted by molar-refractivity contribution is 7.15. The summed E-state index contributed by atoms with van der Waals surface area (Å²) in [4.78, 5) is 5.79. The standard InChI is InChI=1S/C13H13FN2S/c1-8-2-3-9(10(14)6-8)13-16-11-4-5-15-7-12(11)17-13/h2-3,6,15H,4-5,7H2,1H3. The average molecular weight is 248 g/mol. The van der Waals surface area contributed by atoms with Crippen LogP contribution in [-0.4, -0.2) is 11.5 Å². The molecular weight excluding hydrogens is 235 g/mol. The number of rotatable bonds is 1. The predicted molar refractivity (Wildman–Crippen MR) is 67.7 cm³/mol. The summed E-state index contributed by atoms with van der Waals surface area (Å²) in [5.74, 6) is -0.177. The normalized spacial score (nSPS) is 14.7. The third-order valence-corrected chi connectivity index (χ3v) is 4.09. The van der Waals surface area contributed by atoms with Gasteiger partial charge < -0.3 is 5.32 Å². The maximum absolute atomic E-state index is 13.9. The number of benzene rings is 1. The minimum Gasteiger partial charge on any atom is -0.311 e. The van der Waals surface area contributed by atoms with E-state index in [1.807, 2.05) is 19.1 Å². The lowest BCUT2D eigenvalue weighted by atomic mass is 10.1. The molecule has 0 saturated heterocycles. The molecule has 1 aliphatic heterocycles. The Morgan fingerprint density at radius 1 is 1.41 bits per heavy atom. The lowest BCUT2D eigenvalue weighted by Crippen LogP contribution is -2.22. The summed E-state index contributed by atoms with van der Waals surface area (Å²) in [6.07, 6.45) is 0.944. The topological polar surface area (TPSA) is 24.9 Å². The Morgan fingerprint density at radius 3 is 3.06 bits per heavy atom. The number of hydrogen-bond acceptors (Lipinski definition) is 3. The average Bonchev–Trinajstić information content (AvgIpc) is 2.72. The number of halogens is 1. The van der Waals surface area contributed by atoms with Crippen LogP contribution in [0.2, 0.25) is 0 Å². The van der Waals surface area contributed by atoms with Gasteiger partial charge in [-0.15, -0.1) is 11.3 Å². The molecule has 1 N–H and O–H groups in total. The number of fused-ring (bicyclic) bond motifs is 1. The van der Waals surface area contributed by atoms with Gasteiger partial charge in [0.15, 0.2) is 0 Å². The van der Waals surface area contributed by atoms with E-state index in [1.54, 1.807) is 17.4 Å². The maximum atomic E-state index is 13.9. The van der Waals surface area contributed by atoms with Gasteiger partial charge in [-0.05, 0) is 24.6 Å². The van der Waals surface area contributed by atoms with Crippen LogP contribution in [0.3, 0.4) is 0 Å². The van der Waals surface area contributed by atoms with Gasteiger partial charge in [0, 0.05) is 30.0 Å². The lowest BCUT2D eigenvalue weighted by molar-refractivity contribution is 0.629. The molecule has 1 aliphatic rings. The van der Waals surface area contributed by atoms with Gasteiger partial charge in [0.2, 0.25) is 0 Å². The summed E-state index contributed by atoms with van der Waals surface area (Å²) in [6.45, 7) is 3.72. The van der Waals surface area contributed by atoms with Gasteiger partial charge in [-0.2, -0.15) is 0 Å². The van der Waals surface area contributed by atoms with Crippen molar-refractivity contribution in [1.29, 1.82) is 0 Å². The van der Waals surface area contributed by atoms with E-state index < -0.39 is 0 Å². The van der Waals surface area contributed by atoms with Crippen molar-refractivity contribution in [3.8, 4) is 10.6 Å². The second-order valence-electron chi connectivity index (χ2n) is 4.30. The minimum atomic E-state index is -0.177. The van der Waals surface area contributed by atoms with Crippen molar-refractivity contribution in [3.05, 3.63) is 40.2 Å². The van der Waals surface area contributed by atoms with Crippen molar-refractivity contribution >= 4 is 11.3 Å². The quantitative estimate of drug-likeness (QED) is 0.839. The molecule has 0 unspecified atom stereocenters. The van der Waals surface area contributed by atoms with Gasteiger partial charge in [0.1, 0.15) is 10.8 Å². The van der Waals surface area contributed by atoms with Crippen LogP contribution in [0.25, 0.3) is 10.6 Å². The second-order valence-corrected chi connectivity index (χ2v) is 5.38. The van der Waals surface area contributed by atoms with E-state index in [1.165, 1.54) is 4.88 Å². The third kappa shape index (κ3) is 1.98. The molecule has 88 valence electrons. The van der Waals surface area contributed by atoms with Gasteiger partial charge in [-0.3, -0.25) is 0 Å². The molecule has 0 radical (unpaired) electrons. The molecule has 1 aromatic heterocycles. The number of aryl methyl sites for hydroxylation is 1. The first-order chi connectivity index (χ1) is 8.24. The molecule has 1 aromatic carbocycles. The molecule has 0 atom stereocenters. The summed E-state index contributed by atoms with van der Waals surface area (Å²) in [5.41, 5.74) is 2.69. The van der Waals surface area contributed by atoms with E-state index in [0.717, 1.165) is 35.8 Å². The van der Waals surface area contributed by atoms with Crippen molar-refractivity contribution < 1.29 is 4.39 Å². The van der Waals surface area contributed by atoms with Gasteiger partial charge in [-0.25, -0.2) is 9.37 Å². The minimum absolute atomic E-state index is 0.177. The highest BCUT2D eigenvalue weighted by atomic mass is 32.1. The first kappa shape index (κ1) is 10.9. The number of nitrogens with zero attached hydrogens (tertiary/aromatic N) is 1. The number of aromatic nitrogens is 1. The van der Waals surface area contributed by atoms with Crippen molar-refractivity contribution in [1.82, 2.24) is 10.3 Å². The van der Waals surface area contributed by atoms with Crippen LogP contribution in [0.15, 0.2) is 18.2 Å². The van der Waals surface area contributed by atoms with Crippen LogP contribution in [-0.2, 0) is 13.0 Å². The largest absolute Gasteiger partial charge is 0.311 e. The van der Waals surface area contributed by atoms with Gasteiger partial charge >= 0.3 is 0 Å². The van der Waals surface area contributed by atoms with Gasteiger partial charge in [0.05, 0.1) is 5.69 Å². The van der Waals surface area contributed by atoms with Gasteiger partial charge in [0.25, 0.3) is 0 Å². The monoisotopic (exact) mass is 248 g/mol. The van der Waals surface area contributed by atoms with Crippen molar-refractivity contribution in [2.24, 2.45) is 0 Å². The number of hydrogen-bond donors (Lipinski definition) is 1. The molecule has 3 rings (SSSR count). The fraction of sp³-hybridized carbons (Fsp3) is 0.308. The Morgan fingerprint density at radius 2 is 2.29 bits per heavy atom. The van der Waals surface area contributed by atoms with Crippen molar-refractivity contribution in [2.75, 3.05) is 6.54 Å². The van der Waals surface area contributed by atoms with Crippen LogP contribution in [0.1, 0.15) is 16.1 Å². The Bertz CT molecular complexity index is 539. The van der Waals surface area contributed by atoms with Crippen LogP contribution in [0, 0.1) is 12.7 Å². The van der Waals surface area contributed by atoms with E-state index in [0.29, 0.717) is 5.56 Å². The molecule has 4 heteroatoms. The first-order valence-electron chi connectivity index (χ1n) is 5.70. The molecular formula is C13H13FN2S. The summed E-state index contributed by atoms with van der Waals surface area (Å²) >= 11 is 1.59. The van der Waals surface area contributed by atoms with E-state index in [-0.39, 0.29) is 5.82 Å². The number of thiazole rings is 1. The summed E-state index contributed by atoms with van der Waals surface area (Å²) in [7, 11) is 0. The van der Waals surface area contributed by atoms with Crippen LogP contribution in [0.4, 0.5) is 4.39 Å². The first-order valence-corrected chi connectivity index (χ1v) is 6.51. The molecule has 0 bridgehead atoms. The molecule has 0 aliphatic carbocycles. The smallest absolute Gasteiger partial charge is 0.133 e. The molecule has 0 fully saturated rings. The maximum Gasteiger partial charge on any atom is 0.133 e. The zero-order valence-electron chi connectivity index (χ0n) is 9.59. The number of nitrogens with one attached hydrogen (secondary N) is 1. The van der Waals surface area contributed by atoms with E-state index in [4.69, 9.17) is 0 Å². The molecule has 2 nitrogen and oxygen atoms in total. The molecule has 17 heavy (non-hydrogen) atoms. The third-order valence-electron chi connectivity index (χ3n) is 2.96. The molecule has 0 spiro atoms.